The van der Waals surface area contributed by atoms with E-state index in [1.807, 2.05) is 24.5 Å². The maximum atomic E-state index is 5.50. The Kier molecular flexibility index (Phi) is 4.11. The third kappa shape index (κ3) is 2.98. The number of nitrogens with zero attached hydrogens (tertiary/aromatic N) is 6. The third-order valence-electron chi connectivity index (χ3n) is 5.03. The lowest BCUT2D eigenvalue weighted by molar-refractivity contribution is 0.122. The number of fused-ring (bicyclic) bond motifs is 2. The van der Waals surface area contributed by atoms with Crippen molar-refractivity contribution >= 4 is 27.4 Å². The van der Waals surface area contributed by atoms with Crippen molar-refractivity contribution in [3.63, 3.8) is 0 Å². The van der Waals surface area contributed by atoms with E-state index in [0.29, 0.717) is 0 Å². The molecule has 26 heavy (non-hydrogen) atoms. The molecule has 0 N–H and O–H groups in total. The van der Waals surface area contributed by atoms with Crippen molar-refractivity contribution < 1.29 is 4.74 Å². The van der Waals surface area contributed by atoms with Gasteiger partial charge in [0.1, 0.15) is 11.6 Å². The zero-order valence-corrected chi connectivity index (χ0v) is 15.7. The molecule has 1 saturated heterocycles. The lowest BCUT2D eigenvalue weighted by atomic mass is 10.3. The normalized spacial score (nSPS) is 18.4. The van der Waals surface area contributed by atoms with Crippen LogP contribution in [0.5, 0.6) is 0 Å². The molecule has 0 amide bonds. The van der Waals surface area contributed by atoms with Gasteiger partial charge < -0.3 is 14.2 Å². The molecular formula is C18H22N6OS. The third-order valence-corrected chi connectivity index (χ3v) is 6.14. The number of thiophene rings is 1. The Hall–Kier alpha value is -2.03. The van der Waals surface area contributed by atoms with Crippen LogP contribution in [-0.2, 0) is 24.4 Å². The maximum absolute atomic E-state index is 5.50. The molecule has 3 aromatic rings. The van der Waals surface area contributed by atoms with Crippen LogP contribution in [-0.4, -0.2) is 57.3 Å². The Morgan fingerprint density at radius 2 is 2.04 bits per heavy atom. The van der Waals surface area contributed by atoms with Crippen molar-refractivity contribution in [1.29, 1.82) is 0 Å². The average molecular weight is 370 g/mol. The summed E-state index contributed by atoms with van der Waals surface area (Å²) >= 11 is 1.83. The van der Waals surface area contributed by atoms with Crippen molar-refractivity contribution in [3.8, 4) is 0 Å². The Bertz CT molecular complexity index is 929. The largest absolute Gasteiger partial charge is 0.378 e. The van der Waals surface area contributed by atoms with Crippen molar-refractivity contribution in [2.45, 2.75) is 26.6 Å². The first-order chi connectivity index (χ1) is 12.8. The summed E-state index contributed by atoms with van der Waals surface area (Å²) in [5, 5.41) is 0. The van der Waals surface area contributed by atoms with E-state index in [-0.39, 0.29) is 0 Å². The van der Waals surface area contributed by atoms with Crippen LogP contribution in [0.2, 0.25) is 0 Å². The number of hydrogen-bond donors (Lipinski definition) is 0. The van der Waals surface area contributed by atoms with E-state index in [1.54, 1.807) is 0 Å². The molecular weight excluding hydrogens is 348 g/mol. The lowest BCUT2D eigenvalue weighted by Crippen LogP contribution is -2.36. The van der Waals surface area contributed by atoms with E-state index in [4.69, 9.17) is 9.72 Å². The average Bonchev–Trinajstić information content (AvgIpc) is 3.27. The van der Waals surface area contributed by atoms with Gasteiger partial charge in [0, 0.05) is 50.0 Å². The number of aryl methyl sites for hydroxylation is 1. The molecule has 1 fully saturated rings. The van der Waals surface area contributed by atoms with Gasteiger partial charge in [0.15, 0.2) is 5.82 Å². The van der Waals surface area contributed by atoms with Gasteiger partial charge >= 0.3 is 0 Å². The molecule has 0 atom stereocenters. The quantitative estimate of drug-likeness (QED) is 0.703. The Morgan fingerprint density at radius 3 is 2.92 bits per heavy atom. The second kappa shape index (κ2) is 6.61. The first kappa shape index (κ1) is 16.2. The fourth-order valence-corrected chi connectivity index (χ4v) is 4.88. The van der Waals surface area contributed by atoms with Crippen molar-refractivity contribution in [3.05, 3.63) is 35.0 Å². The van der Waals surface area contributed by atoms with E-state index in [0.717, 1.165) is 75.5 Å². The number of hydrogen-bond acceptors (Lipinski definition) is 7. The van der Waals surface area contributed by atoms with Crippen LogP contribution in [0.1, 0.15) is 16.5 Å². The Balaban J connectivity index is 1.42. The highest BCUT2D eigenvalue weighted by Crippen LogP contribution is 2.33. The summed E-state index contributed by atoms with van der Waals surface area (Å²) in [6.45, 7) is 9.22. The second-order valence-electron chi connectivity index (χ2n) is 6.87. The highest BCUT2D eigenvalue weighted by atomic mass is 32.1. The molecule has 5 heterocycles. The molecule has 8 heteroatoms. The molecule has 0 radical (unpaired) electrons. The predicted octanol–water partition coefficient (Wildman–Crippen LogP) is 2.05. The van der Waals surface area contributed by atoms with Crippen LogP contribution < -0.4 is 4.90 Å². The SMILES string of the molecule is Cc1nc(N2CCOCC2)c2sc(CN3CCn4ccnc4C3)cc2n1. The number of imidazole rings is 1. The first-order valence-electron chi connectivity index (χ1n) is 9.08. The zero-order chi connectivity index (χ0) is 17.5. The topological polar surface area (TPSA) is 59.3 Å². The summed E-state index contributed by atoms with van der Waals surface area (Å²) in [5.41, 5.74) is 1.07. The van der Waals surface area contributed by atoms with Gasteiger partial charge in [-0.1, -0.05) is 0 Å². The molecule has 136 valence electrons. The van der Waals surface area contributed by atoms with Crippen molar-refractivity contribution in [1.82, 2.24) is 24.4 Å². The highest BCUT2D eigenvalue weighted by molar-refractivity contribution is 7.19. The van der Waals surface area contributed by atoms with E-state index in [9.17, 15) is 0 Å². The molecule has 2 aliphatic rings. The molecule has 0 bridgehead atoms. The molecule has 3 aromatic heterocycles. The second-order valence-corrected chi connectivity index (χ2v) is 8.01. The zero-order valence-electron chi connectivity index (χ0n) is 14.9. The van der Waals surface area contributed by atoms with Crippen LogP contribution in [0.15, 0.2) is 18.5 Å². The number of anilines is 1. The van der Waals surface area contributed by atoms with Crippen LogP contribution in [0.4, 0.5) is 5.82 Å². The van der Waals surface area contributed by atoms with Gasteiger partial charge in [-0.05, 0) is 13.0 Å². The van der Waals surface area contributed by atoms with E-state index in [2.05, 4.69) is 36.6 Å². The molecule has 0 aromatic carbocycles. The van der Waals surface area contributed by atoms with Crippen LogP contribution in [0.25, 0.3) is 10.2 Å². The Morgan fingerprint density at radius 1 is 1.15 bits per heavy atom. The van der Waals surface area contributed by atoms with E-state index >= 15 is 0 Å². The molecule has 5 rings (SSSR count). The number of ether oxygens (including phenoxy) is 1. The molecule has 7 nitrogen and oxygen atoms in total. The monoisotopic (exact) mass is 370 g/mol. The molecule has 2 aliphatic heterocycles. The number of rotatable bonds is 3. The van der Waals surface area contributed by atoms with Crippen LogP contribution in [0, 0.1) is 6.92 Å². The summed E-state index contributed by atoms with van der Waals surface area (Å²) in [6.07, 6.45) is 3.96. The standard InChI is InChI=1S/C18H22N6OS/c1-13-20-15-10-14(11-22-4-5-23-3-2-19-16(23)12-22)26-17(15)18(21-13)24-6-8-25-9-7-24/h2-3,10H,4-9,11-12H2,1H3. The van der Waals surface area contributed by atoms with Gasteiger partial charge in [0.2, 0.25) is 0 Å². The minimum Gasteiger partial charge on any atom is -0.378 e. The molecule has 0 spiro atoms. The van der Waals surface area contributed by atoms with Gasteiger partial charge in [-0.3, -0.25) is 4.90 Å². The minimum atomic E-state index is 0.767. The molecule has 0 unspecified atom stereocenters. The fourth-order valence-electron chi connectivity index (χ4n) is 3.72. The van der Waals surface area contributed by atoms with Crippen molar-refractivity contribution in [2.24, 2.45) is 0 Å². The number of aromatic nitrogens is 4. The predicted molar refractivity (Wildman–Crippen MR) is 102 cm³/mol. The summed E-state index contributed by atoms with van der Waals surface area (Å²) in [4.78, 5) is 20.0. The summed E-state index contributed by atoms with van der Waals surface area (Å²) in [6, 6.07) is 2.24. The highest BCUT2D eigenvalue weighted by Gasteiger charge is 2.21. The van der Waals surface area contributed by atoms with Crippen LogP contribution in [0.3, 0.4) is 0 Å². The van der Waals surface area contributed by atoms with Gasteiger partial charge in [-0.25, -0.2) is 15.0 Å². The van der Waals surface area contributed by atoms with Gasteiger partial charge in [-0.2, -0.15) is 0 Å². The molecule has 0 aliphatic carbocycles. The first-order valence-corrected chi connectivity index (χ1v) is 9.90. The summed E-state index contributed by atoms with van der Waals surface area (Å²) < 4.78 is 8.94. The van der Waals surface area contributed by atoms with Crippen molar-refractivity contribution in [2.75, 3.05) is 37.7 Å². The summed E-state index contributed by atoms with van der Waals surface area (Å²) in [7, 11) is 0. The van der Waals surface area contributed by atoms with Gasteiger partial charge in [0.25, 0.3) is 0 Å². The molecule has 0 saturated carbocycles. The smallest absolute Gasteiger partial charge is 0.150 e. The van der Waals surface area contributed by atoms with E-state index < -0.39 is 0 Å². The number of morpholine rings is 1. The maximum Gasteiger partial charge on any atom is 0.150 e. The van der Waals surface area contributed by atoms with Gasteiger partial charge in [-0.15, -0.1) is 11.3 Å². The lowest BCUT2D eigenvalue weighted by Gasteiger charge is -2.28. The van der Waals surface area contributed by atoms with Crippen LogP contribution >= 0.6 is 11.3 Å². The van der Waals surface area contributed by atoms with E-state index in [1.165, 1.54) is 9.58 Å². The minimum absolute atomic E-state index is 0.767. The summed E-state index contributed by atoms with van der Waals surface area (Å²) in [5.74, 6) is 3.06. The fraction of sp³-hybridized carbons (Fsp3) is 0.500. The Labute approximate surface area is 156 Å². The van der Waals surface area contributed by atoms with Gasteiger partial charge in [0.05, 0.1) is 30.0 Å².